The molecule has 1 aromatic rings. The number of nitrogens with zero attached hydrogens (tertiary/aromatic N) is 4. The van der Waals surface area contributed by atoms with E-state index in [0.29, 0.717) is 11.1 Å². The lowest BCUT2D eigenvalue weighted by molar-refractivity contribution is -0.385. The minimum atomic E-state index is -0.640. The summed E-state index contributed by atoms with van der Waals surface area (Å²) in [6.07, 6.45) is 0.322. The molecule has 0 fully saturated rings. The summed E-state index contributed by atoms with van der Waals surface area (Å²) in [5.74, 6) is -0.391. The second-order valence-corrected chi connectivity index (χ2v) is 4.37. The molecule has 8 nitrogen and oxygen atoms in total. The molecule has 0 saturated carbocycles. The van der Waals surface area contributed by atoms with E-state index in [4.69, 9.17) is 10.3 Å². The number of carbonyl (C=O) groups is 1. The first-order valence-electron chi connectivity index (χ1n) is 6.44. The minimum Gasteiger partial charge on any atom is -0.466 e. The molecule has 0 N–H and O–H groups in total. The van der Waals surface area contributed by atoms with Gasteiger partial charge < -0.3 is 4.74 Å². The molecule has 1 aromatic carbocycles. The second-order valence-electron chi connectivity index (χ2n) is 4.37. The highest BCUT2D eigenvalue weighted by Gasteiger charge is 2.17. The number of hydrogen-bond donors (Lipinski definition) is 0. The molecule has 8 heteroatoms. The van der Waals surface area contributed by atoms with Gasteiger partial charge in [0.25, 0.3) is 5.69 Å². The van der Waals surface area contributed by atoms with Crippen molar-refractivity contribution in [2.24, 2.45) is 5.11 Å². The molecule has 112 valence electrons. The molecule has 1 rings (SSSR count). The van der Waals surface area contributed by atoms with Crippen LogP contribution in [0, 0.1) is 17.0 Å². The first kappa shape index (κ1) is 16.5. The highest BCUT2D eigenvalue weighted by Crippen LogP contribution is 2.28. The molecule has 0 aromatic heterocycles. The molecular formula is C13H16N4O4. The average molecular weight is 292 g/mol. The summed E-state index contributed by atoms with van der Waals surface area (Å²) in [7, 11) is 0. The third-order valence-corrected chi connectivity index (χ3v) is 2.93. The van der Waals surface area contributed by atoms with Crippen LogP contribution < -0.4 is 0 Å². The Kier molecular flexibility index (Phi) is 6.16. The number of nitro groups is 1. The van der Waals surface area contributed by atoms with Crippen LogP contribution in [0.15, 0.2) is 23.3 Å². The predicted octanol–water partition coefficient (Wildman–Crippen LogP) is 3.60. The van der Waals surface area contributed by atoms with Crippen molar-refractivity contribution in [3.63, 3.8) is 0 Å². The van der Waals surface area contributed by atoms with E-state index in [9.17, 15) is 14.9 Å². The smallest absolute Gasteiger partial charge is 0.305 e. The van der Waals surface area contributed by atoms with Crippen LogP contribution in [-0.4, -0.2) is 17.5 Å². The largest absolute Gasteiger partial charge is 0.466 e. The molecule has 0 saturated heterocycles. The lowest BCUT2D eigenvalue weighted by Gasteiger charge is -2.11. The van der Waals surface area contributed by atoms with Gasteiger partial charge in [0.2, 0.25) is 0 Å². The number of aryl methyl sites for hydroxylation is 1. The lowest BCUT2D eigenvalue weighted by atomic mass is 10.0. The van der Waals surface area contributed by atoms with E-state index in [-0.39, 0.29) is 25.1 Å². The van der Waals surface area contributed by atoms with Crippen molar-refractivity contribution in [1.29, 1.82) is 0 Å². The van der Waals surface area contributed by atoms with Gasteiger partial charge in [-0.05, 0) is 31.4 Å². The summed E-state index contributed by atoms with van der Waals surface area (Å²) >= 11 is 0. The zero-order valence-electron chi connectivity index (χ0n) is 11.9. The number of benzene rings is 1. The molecule has 1 atom stereocenters. The number of nitro benzene ring substituents is 1. The van der Waals surface area contributed by atoms with Crippen LogP contribution in [0.1, 0.15) is 36.9 Å². The molecule has 0 aliphatic rings. The maximum absolute atomic E-state index is 11.3. The molecule has 0 spiro atoms. The third kappa shape index (κ3) is 4.77. The Morgan fingerprint density at radius 3 is 2.86 bits per heavy atom. The first-order chi connectivity index (χ1) is 9.99. The van der Waals surface area contributed by atoms with Crippen molar-refractivity contribution in [2.75, 3.05) is 6.61 Å². The van der Waals surface area contributed by atoms with Crippen molar-refractivity contribution in [2.45, 2.75) is 32.7 Å². The van der Waals surface area contributed by atoms with Gasteiger partial charge >= 0.3 is 5.97 Å². The minimum absolute atomic E-state index is 0.0400. The van der Waals surface area contributed by atoms with Crippen LogP contribution in [-0.2, 0) is 9.53 Å². The van der Waals surface area contributed by atoms with Crippen LogP contribution in [0.2, 0.25) is 0 Å². The Hall–Kier alpha value is -2.60. The highest BCUT2D eigenvalue weighted by atomic mass is 16.6. The summed E-state index contributed by atoms with van der Waals surface area (Å²) in [6, 6.07) is 3.99. The van der Waals surface area contributed by atoms with Gasteiger partial charge in [-0.15, -0.1) is 0 Å². The van der Waals surface area contributed by atoms with Crippen LogP contribution in [0.3, 0.4) is 0 Å². The van der Waals surface area contributed by atoms with Gasteiger partial charge in [-0.2, -0.15) is 0 Å². The topological polar surface area (TPSA) is 118 Å². The lowest BCUT2D eigenvalue weighted by Crippen LogP contribution is -2.06. The molecule has 0 amide bonds. The monoisotopic (exact) mass is 292 g/mol. The Morgan fingerprint density at radius 2 is 2.29 bits per heavy atom. The van der Waals surface area contributed by atoms with Crippen molar-refractivity contribution < 1.29 is 14.5 Å². The van der Waals surface area contributed by atoms with Gasteiger partial charge in [0.15, 0.2) is 0 Å². The zero-order chi connectivity index (χ0) is 15.8. The molecule has 1 unspecified atom stereocenters. The Morgan fingerprint density at radius 1 is 1.57 bits per heavy atom. The maximum Gasteiger partial charge on any atom is 0.305 e. The van der Waals surface area contributed by atoms with Gasteiger partial charge in [0.05, 0.1) is 17.6 Å². The SMILES string of the molecule is CCOC(=O)CCC(N=[N+]=[N-])c1ccc(C)c([N+](=O)[O-])c1. The normalized spacial score (nSPS) is 11.3. The quantitative estimate of drug-likeness (QED) is 0.190. The van der Waals surface area contributed by atoms with E-state index >= 15 is 0 Å². The fourth-order valence-electron chi connectivity index (χ4n) is 1.87. The number of esters is 1. The van der Waals surface area contributed by atoms with Gasteiger partial charge in [-0.3, -0.25) is 14.9 Å². The number of azide groups is 1. The number of hydrogen-bond acceptors (Lipinski definition) is 5. The Balaban J connectivity index is 2.95. The van der Waals surface area contributed by atoms with Crippen molar-refractivity contribution in [3.05, 3.63) is 49.9 Å². The molecule has 0 heterocycles. The van der Waals surface area contributed by atoms with Crippen LogP contribution >= 0.6 is 0 Å². The fraction of sp³-hybridized carbons (Fsp3) is 0.462. The zero-order valence-corrected chi connectivity index (χ0v) is 11.9. The Bertz CT molecular complexity index is 582. The molecule has 0 aliphatic heterocycles. The van der Waals surface area contributed by atoms with E-state index in [0.717, 1.165) is 0 Å². The maximum atomic E-state index is 11.3. The number of rotatable bonds is 7. The van der Waals surface area contributed by atoms with E-state index in [1.54, 1.807) is 26.0 Å². The van der Waals surface area contributed by atoms with E-state index in [1.807, 2.05) is 0 Å². The van der Waals surface area contributed by atoms with Gasteiger partial charge in [-0.25, -0.2) is 0 Å². The summed E-state index contributed by atoms with van der Waals surface area (Å²) in [6.45, 7) is 3.61. The van der Waals surface area contributed by atoms with E-state index in [2.05, 4.69) is 10.0 Å². The summed E-state index contributed by atoms with van der Waals surface area (Å²) < 4.78 is 4.81. The Labute approximate surface area is 121 Å². The van der Waals surface area contributed by atoms with Crippen molar-refractivity contribution >= 4 is 11.7 Å². The molecule has 0 aliphatic carbocycles. The fourth-order valence-corrected chi connectivity index (χ4v) is 1.87. The van der Waals surface area contributed by atoms with E-state index in [1.165, 1.54) is 6.07 Å². The van der Waals surface area contributed by atoms with Crippen LogP contribution in [0.5, 0.6) is 0 Å². The standard InChI is InChI=1S/C13H16N4O4/c1-3-21-13(18)7-6-11(15-16-14)10-5-4-9(2)12(8-10)17(19)20/h4-5,8,11H,3,6-7H2,1-2H3. The van der Waals surface area contributed by atoms with E-state index < -0.39 is 16.9 Å². The predicted molar refractivity (Wildman–Crippen MR) is 75.6 cm³/mol. The highest BCUT2D eigenvalue weighted by molar-refractivity contribution is 5.69. The molecule has 21 heavy (non-hydrogen) atoms. The van der Waals surface area contributed by atoms with Gasteiger partial charge in [0, 0.05) is 23.0 Å². The molecule has 0 radical (unpaired) electrons. The number of carbonyl (C=O) groups excluding carboxylic acids is 1. The first-order valence-corrected chi connectivity index (χ1v) is 6.44. The van der Waals surface area contributed by atoms with Gasteiger partial charge in [-0.1, -0.05) is 17.2 Å². The van der Waals surface area contributed by atoms with Crippen LogP contribution in [0.4, 0.5) is 5.69 Å². The third-order valence-electron chi connectivity index (χ3n) is 2.93. The summed E-state index contributed by atoms with van der Waals surface area (Å²) in [5, 5.41) is 14.5. The van der Waals surface area contributed by atoms with Crippen molar-refractivity contribution in [1.82, 2.24) is 0 Å². The molecule has 0 bridgehead atoms. The number of ether oxygens (including phenoxy) is 1. The van der Waals surface area contributed by atoms with Gasteiger partial charge in [0.1, 0.15) is 0 Å². The summed E-state index contributed by atoms with van der Waals surface area (Å²) in [5.41, 5.74) is 9.60. The molecular weight excluding hydrogens is 276 g/mol. The van der Waals surface area contributed by atoms with Crippen molar-refractivity contribution in [3.8, 4) is 0 Å². The van der Waals surface area contributed by atoms with Crippen LogP contribution in [0.25, 0.3) is 10.4 Å². The second kappa shape index (κ2) is 7.86. The summed E-state index contributed by atoms with van der Waals surface area (Å²) in [4.78, 5) is 24.5. The average Bonchev–Trinajstić information content (AvgIpc) is 2.44.